The van der Waals surface area contributed by atoms with E-state index in [9.17, 15) is 9.90 Å². The van der Waals surface area contributed by atoms with Gasteiger partial charge < -0.3 is 9.84 Å². The first-order valence-corrected chi connectivity index (χ1v) is 7.45. The topological polar surface area (TPSA) is 58.9 Å². The SMILES string of the molecule is CCCC1N=C2c3c(O)cccc3C(=O)c3cccc(c32)O1. The second-order valence-corrected chi connectivity index (χ2v) is 5.55. The van der Waals surface area contributed by atoms with E-state index in [-0.39, 0.29) is 17.8 Å². The fourth-order valence-electron chi connectivity index (χ4n) is 3.13. The van der Waals surface area contributed by atoms with E-state index in [4.69, 9.17) is 4.74 Å². The highest BCUT2D eigenvalue weighted by Gasteiger charge is 2.35. The zero-order chi connectivity index (χ0) is 15.3. The second kappa shape index (κ2) is 4.70. The molecule has 1 aliphatic carbocycles. The van der Waals surface area contributed by atoms with Gasteiger partial charge in [0.05, 0.1) is 16.8 Å². The first-order chi connectivity index (χ1) is 10.7. The van der Waals surface area contributed by atoms with Crippen LogP contribution in [0, 0.1) is 0 Å². The van der Waals surface area contributed by atoms with Gasteiger partial charge in [0.15, 0.2) is 12.0 Å². The maximum Gasteiger partial charge on any atom is 0.194 e. The number of phenolic OH excluding ortho intramolecular Hbond substituents is 1. The third-order valence-corrected chi connectivity index (χ3v) is 4.10. The van der Waals surface area contributed by atoms with Crippen LogP contribution >= 0.6 is 0 Å². The van der Waals surface area contributed by atoms with Gasteiger partial charge in [-0.15, -0.1) is 0 Å². The minimum atomic E-state index is -0.275. The largest absolute Gasteiger partial charge is 0.507 e. The lowest BCUT2D eigenvalue weighted by Gasteiger charge is -2.30. The van der Waals surface area contributed by atoms with Crippen LogP contribution in [0.5, 0.6) is 11.5 Å². The van der Waals surface area contributed by atoms with Gasteiger partial charge in [0.2, 0.25) is 0 Å². The predicted molar refractivity (Wildman–Crippen MR) is 82.9 cm³/mol. The number of rotatable bonds is 2. The second-order valence-electron chi connectivity index (χ2n) is 5.55. The molecule has 1 aliphatic heterocycles. The van der Waals surface area contributed by atoms with Crippen LogP contribution in [-0.4, -0.2) is 22.8 Å². The Labute approximate surface area is 128 Å². The summed E-state index contributed by atoms with van der Waals surface area (Å²) in [5, 5.41) is 10.3. The monoisotopic (exact) mass is 293 g/mol. The number of nitrogens with zero attached hydrogens (tertiary/aromatic N) is 1. The molecule has 0 saturated carbocycles. The van der Waals surface area contributed by atoms with Crippen molar-refractivity contribution in [2.45, 2.75) is 26.0 Å². The summed E-state index contributed by atoms with van der Waals surface area (Å²) in [4.78, 5) is 17.3. The van der Waals surface area contributed by atoms with Crippen molar-refractivity contribution < 1.29 is 14.6 Å². The molecule has 1 heterocycles. The summed E-state index contributed by atoms with van der Waals surface area (Å²) < 4.78 is 5.90. The predicted octanol–water partition coefficient (Wildman–Crippen LogP) is 3.29. The van der Waals surface area contributed by atoms with E-state index in [0.29, 0.717) is 33.7 Å². The average Bonchev–Trinajstić information content (AvgIpc) is 2.52. The van der Waals surface area contributed by atoms with Crippen molar-refractivity contribution >= 4 is 11.5 Å². The lowest BCUT2D eigenvalue weighted by molar-refractivity contribution is 0.103. The number of benzene rings is 2. The number of aromatic hydroxyl groups is 1. The van der Waals surface area contributed by atoms with Crippen LogP contribution in [0.25, 0.3) is 0 Å². The molecule has 4 rings (SSSR count). The summed E-state index contributed by atoms with van der Waals surface area (Å²) in [6, 6.07) is 10.5. The Morgan fingerprint density at radius 2 is 1.86 bits per heavy atom. The molecule has 1 N–H and O–H groups in total. The number of carbonyl (C=O) groups is 1. The van der Waals surface area contributed by atoms with Gasteiger partial charge in [0, 0.05) is 17.5 Å². The maximum absolute atomic E-state index is 12.7. The van der Waals surface area contributed by atoms with Crippen molar-refractivity contribution in [2.75, 3.05) is 0 Å². The summed E-state index contributed by atoms with van der Waals surface area (Å²) in [7, 11) is 0. The Kier molecular flexibility index (Phi) is 2.79. The molecule has 22 heavy (non-hydrogen) atoms. The first kappa shape index (κ1) is 13.1. The zero-order valence-corrected chi connectivity index (χ0v) is 12.2. The third-order valence-electron chi connectivity index (χ3n) is 4.10. The Morgan fingerprint density at radius 1 is 1.14 bits per heavy atom. The van der Waals surface area contributed by atoms with Crippen LogP contribution in [0.2, 0.25) is 0 Å². The van der Waals surface area contributed by atoms with Crippen LogP contribution in [-0.2, 0) is 0 Å². The van der Waals surface area contributed by atoms with Crippen molar-refractivity contribution in [3.63, 3.8) is 0 Å². The maximum atomic E-state index is 12.7. The summed E-state index contributed by atoms with van der Waals surface area (Å²) >= 11 is 0. The fourth-order valence-corrected chi connectivity index (χ4v) is 3.13. The molecule has 1 unspecified atom stereocenters. The summed E-state index contributed by atoms with van der Waals surface area (Å²) in [6.45, 7) is 2.07. The molecule has 0 saturated heterocycles. The molecule has 1 atom stereocenters. The molecular formula is C18H15NO3. The molecule has 2 aromatic rings. The Morgan fingerprint density at radius 3 is 2.64 bits per heavy atom. The number of carbonyl (C=O) groups excluding carboxylic acids is 1. The molecule has 110 valence electrons. The van der Waals surface area contributed by atoms with Crippen LogP contribution < -0.4 is 4.74 Å². The normalized spacial score (nSPS) is 18.1. The minimum absolute atomic E-state index is 0.0854. The summed E-state index contributed by atoms with van der Waals surface area (Å²) in [6.07, 6.45) is 1.47. The molecule has 0 radical (unpaired) electrons. The van der Waals surface area contributed by atoms with Gasteiger partial charge in [-0.3, -0.25) is 4.79 Å². The van der Waals surface area contributed by atoms with Crippen molar-refractivity contribution in [2.24, 2.45) is 4.99 Å². The summed E-state index contributed by atoms with van der Waals surface area (Å²) in [5.74, 6) is 0.657. The average molecular weight is 293 g/mol. The van der Waals surface area contributed by atoms with Crippen LogP contribution in [0.1, 0.15) is 46.8 Å². The molecule has 4 heteroatoms. The number of fused-ring (bicyclic) bond motifs is 2. The van der Waals surface area contributed by atoms with Gasteiger partial charge in [-0.05, 0) is 12.1 Å². The fraction of sp³-hybridized carbons (Fsp3) is 0.222. The number of aliphatic imine (C=N–C) groups is 1. The molecule has 4 nitrogen and oxygen atoms in total. The number of ether oxygens (including phenoxy) is 1. The lowest BCUT2D eigenvalue weighted by Crippen LogP contribution is -2.30. The molecule has 0 bridgehead atoms. The van der Waals surface area contributed by atoms with Crippen LogP contribution in [0.15, 0.2) is 41.4 Å². The molecular weight excluding hydrogens is 278 g/mol. The van der Waals surface area contributed by atoms with E-state index in [2.05, 4.69) is 11.9 Å². The highest BCUT2D eigenvalue weighted by atomic mass is 16.5. The van der Waals surface area contributed by atoms with E-state index in [0.717, 1.165) is 12.8 Å². The standard InChI is InChI=1S/C18H15NO3/c1-2-5-14-19-17-15-10(6-3-8-12(15)20)18(21)11-7-4-9-13(22-14)16(11)17/h3-4,6-9,14,20H,2,5H2,1H3. The van der Waals surface area contributed by atoms with E-state index >= 15 is 0 Å². The highest BCUT2D eigenvalue weighted by Crippen LogP contribution is 2.40. The van der Waals surface area contributed by atoms with E-state index in [1.54, 1.807) is 24.3 Å². The van der Waals surface area contributed by atoms with Crippen molar-refractivity contribution in [3.8, 4) is 11.5 Å². The molecule has 0 fully saturated rings. The van der Waals surface area contributed by atoms with Gasteiger partial charge >= 0.3 is 0 Å². The highest BCUT2D eigenvalue weighted by molar-refractivity contribution is 6.32. The van der Waals surface area contributed by atoms with Crippen molar-refractivity contribution in [1.29, 1.82) is 0 Å². The molecule has 0 aromatic heterocycles. The zero-order valence-electron chi connectivity index (χ0n) is 12.2. The number of hydrogen-bond donors (Lipinski definition) is 1. The van der Waals surface area contributed by atoms with Gasteiger partial charge in [0.1, 0.15) is 11.5 Å². The van der Waals surface area contributed by atoms with E-state index in [1.165, 1.54) is 0 Å². The van der Waals surface area contributed by atoms with Gasteiger partial charge in [-0.2, -0.15) is 0 Å². The van der Waals surface area contributed by atoms with Crippen LogP contribution in [0.3, 0.4) is 0 Å². The Balaban J connectivity index is 2.03. The first-order valence-electron chi connectivity index (χ1n) is 7.45. The van der Waals surface area contributed by atoms with Crippen molar-refractivity contribution in [3.05, 3.63) is 58.7 Å². The van der Waals surface area contributed by atoms with Gasteiger partial charge in [0.25, 0.3) is 0 Å². The van der Waals surface area contributed by atoms with E-state index < -0.39 is 0 Å². The minimum Gasteiger partial charge on any atom is -0.507 e. The lowest BCUT2D eigenvalue weighted by atomic mass is 9.82. The number of hydrogen-bond acceptors (Lipinski definition) is 4. The third kappa shape index (κ3) is 1.70. The Hall–Kier alpha value is -2.62. The molecule has 2 aliphatic rings. The summed E-state index contributed by atoms with van der Waals surface area (Å²) in [5.41, 5.74) is 2.98. The van der Waals surface area contributed by atoms with Gasteiger partial charge in [-0.25, -0.2) is 4.99 Å². The molecule has 2 aromatic carbocycles. The smallest absolute Gasteiger partial charge is 0.194 e. The molecule has 0 spiro atoms. The Bertz CT molecular complexity index is 823. The van der Waals surface area contributed by atoms with Crippen molar-refractivity contribution in [1.82, 2.24) is 0 Å². The quantitative estimate of drug-likeness (QED) is 0.788. The van der Waals surface area contributed by atoms with Crippen LogP contribution in [0.4, 0.5) is 0 Å². The number of phenols is 1. The van der Waals surface area contributed by atoms with E-state index in [1.807, 2.05) is 12.1 Å². The number of ketones is 1. The molecule has 0 amide bonds. The van der Waals surface area contributed by atoms with Gasteiger partial charge in [-0.1, -0.05) is 37.6 Å².